The minimum atomic E-state index is -1.12. The van der Waals surface area contributed by atoms with E-state index in [2.05, 4.69) is 10.6 Å². The van der Waals surface area contributed by atoms with E-state index in [0.717, 1.165) is 38.5 Å². The zero-order chi connectivity index (χ0) is 28.0. The Morgan fingerprint density at radius 1 is 0.975 bits per heavy atom. The fourth-order valence-corrected chi connectivity index (χ4v) is 5.85. The Kier molecular flexibility index (Phi) is 6.75. The quantitative estimate of drug-likeness (QED) is 0.428. The first-order valence-corrected chi connectivity index (χ1v) is 14.3. The van der Waals surface area contributed by atoms with Crippen molar-refractivity contribution in [1.29, 1.82) is 5.26 Å². The number of carbonyl (C=O) groups excluding carboxylic acids is 2. The Labute approximate surface area is 235 Å². The number of rotatable bonds is 8. The molecule has 40 heavy (non-hydrogen) atoms. The second-order valence-corrected chi connectivity index (χ2v) is 11.8. The molecule has 3 fully saturated rings. The molecular weight excluding hydrogens is 530 g/mol. The molecule has 3 saturated carbocycles. The molecule has 0 saturated heterocycles. The van der Waals surface area contributed by atoms with Gasteiger partial charge in [0.25, 0.3) is 11.5 Å². The van der Waals surface area contributed by atoms with Gasteiger partial charge in [-0.25, -0.2) is 4.79 Å². The van der Waals surface area contributed by atoms with Crippen molar-refractivity contribution in [1.82, 2.24) is 14.5 Å². The minimum absolute atomic E-state index is 0.170. The van der Waals surface area contributed by atoms with Gasteiger partial charge in [0.05, 0.1) is 21.5 Å². The Morgan fingerprint density at radius 3 is 2.27 bits per heavy atom. The summed E-state index contributed by atoms with van der Waals surface area (Å²) in [5.41, 5.74) is -0.177. The zero-order valence-electron chi connectivity index (χ0n) is 22.0. The van der Waals surface area contributed by atoms with Crippen molar-refractivity contribution < 1.29 is 9.59 Å². The lowest BCUT2D eigenvalue weighted by atomic mass is 9.95. The number of amides is 2. The molecule has 3 aliphatic carbocycles. The number of hydrogen-bond acceptors (Lipinski definition) is 5. The molecule has 6 rings (SSSR count). The predicted octanol–water partition coefficient (Wildman–Crippen LogP) is 4.19. The summed E-state index contributed by atoms with van der Waals surface area (Å²) in [7, 11) is 0. The van der Waals surface area contributed by atoms with Crippen molar-refractivity contribution in [3.63, 3.8) is 0 Å². The van der Waals surface area contributed by atoms with Crippen LogP contribution in [0, 0.1) is 23.2 Å². The van der Waals surface area contributed by atoms with Crippen molar-refractivity contribution in [2.45, 2.75) is 70.0 Å². The summed E-state index contributed by atoms with van der Waals surface area (Å²) in [6.45, 7) is 1.00. The first-order valence-electron chi connectivity index (χ1n) is 13.9. The molecule has 0 spiro atoms. The Morgan fingerprint density at radius 2 is 1.65 bits per heavy atom. The van der Waals surface area contributed by atoms with Gasteiger partial charge in [-0.2, -0.15) is 5.26 Å². The van der Waals surface area contributed by atoms with Crippen LogP contribution in [0.25, 0.3) is 10.9 Å². The summed E-state index contributed by atoms with van der Waals surface area (Å²) in [5, 5.41) is 15.5. The molecule has 2 N–H and O–H groups in total. The van der Waals surface area contributed by atoms with Crippen LogP contribution in [0.15, 0.2) is 46.0 Å². The summed E-state index contributed by atoms with van der Waals surface area (Å²) < 4.78 is 3.07. The van der Waals surface area contributed by atoms with Crippen LogP contribution in [0.3, 0.4) is 0 Å². The van der Waals surface area contributed by atoms with Gasteiger partial charge in [0.2, 0.25) is 5.91 Å². The second kappa shape index (κ2) is 10.3. The zero-order valence-corrected chi connectivity index (χ0v) is 22.8. The molecule has 3 aliphatic rings. The SMILES string of the molecule is N#Cc1ccc(C(=O)NC2(C(=O)Nc3ccc4c(c3)c(=O)n(CC3CC3)c(=O)n4CC3CC3)CCCC2)cc1Cl. The van der Waals surface area contributed by atoms with Gasteiger partial charge < -0.3 is 10.6 Å². The number of nitrogens with one attached hydrogen (secondary N) is 2. The van der Waals surface area contributed by atoms with Crippen molar-refractivity contribution in [3.8, 4) is 6.07 Å². The van der Waals surface area contributed by atoms with Crippen LogP contribution in [0.1, 0.15) is 67.3 Å². The van der Waals surface area contributed by atoms with Gasteiger partial charge in [-0.15, -0.1) is 0 Å². The Bertz CT molecular complexity index is 1690. The van der Waals surface area contributed by atoms with Crippen LogP contribution in [-0.2, 0) is 17.9 Å². The lowest BCUT2D eigenvalue weighted by molar-refractivity contribution is -0.122. The maximum Gasteiger partial charge on any atom is 0.331 e. The molecule has 9 nitrogen and oxygen atoms in total. The number of fused-ring (bicyclic) bond motifs is 1. The van der Waals surface area contributed by atoms with Crippen LogP contribution in [0.4, 0.5) is 5.69 Å². The number of aromatic nitrogens is 2. The molecule has 2 aromatic carbocycles. The van der Waals surface area contributed by atoms with Crippen molar-refractivity contribution in [3.05, 3.63) is 73.4 Å². The predicted molar refractivity (Wildman–Crippen MR) is 151 cm³/mol. The summed E-state index contributed by atoms with van der Waals surface area (Å²) >= 11 is 6.12. The monoisotopic (exact) mass is 559 g/mol. The van der Waals surface area contributed by atoms with Gasteiger partial charge in [0.1, 0.15) is 11.6 Å². The average molecular weight is 560 g/mol. The maximum atomic E-state index is 13.7. The van der Waals surface area contributed by atoms with E-state index in [1.165, 1.54) is 22.8 Å². The van der Waals surface area contributed by atoms with E-state index < -0.39 is 11.4 Å². The number of hydrogen-bond donors (Lipinski definition) is 2. The molecule has 206 valence electrons. The van der Waals surface area contributed by atoms with E-state index in [9.17, 15) is 19.2 Å². The van der Waals surface area contributed by atoms with Gasteiger partial charge in [-0.05, 0) is 86.8 Å². The molecule has 0 unspecified atom stereocenters. The highest BCUT2D eigenvalue weighted by molar-refractivity contribution is 6.32. The second-order valence-electron chi connectivity index (χ2n) is 11.4. The standard InChI is InChI=1S/C30H30ClN5O4/c31-24-13-20(7-8-21(24)15-32)26(37)34-30(11-1-2-12-30)28(39)33-22-9-10-25-23(14-22)27(38)36(17-19-5-6-19)29(40)35(25)16-18-3-4-18/h7-10,13-14,18-19H,1-6,11-12,16-17H2,(H,33,39)(H,34,37). The number of anilines is 1. The van der Waals surface area contributed by atoms with E-state index in [1.807, 2.05) is 6.07 Å². The first-order chi connectivity index (χ1) is 19.3. The van der Waals surface area contributed by atoms with Gasteiger partial charge in [0, 0.05) is 24.3 Å². The fraction of sp³-hybridized carbons (Fsp3) is 0.433. The van der Waals surface area contributed by atoms with Crippen LogP contribution >= 0.6 is 11.6 Å². The summed E-state index contributed by atoms with van der Waals surface area (Å²) in [6, 6.07) is 11.5. The van der Waals surface area contributed by atoms with Gasteiger partial charge in [-0.1, -0.05) is 24.4 Å². The third-order valence-corrected chi connectivity index (χ3v) is 8.67. The van der Waals surface area contributed by atoms with E-state index in [0.29, 0.717) is 54.4 Å². The van der Waals surface area contributed by atoms with E-state index in [4.69, 9.17) is 16.9 Å². The molecule has 3 aromatic rings. The summed E-state index contributed by atoms with van der Waals surface area (Å²) in [5.74, 6) is -0.00281. The molecule has 1 aromatic heterocycles. The van der Waals surface area contributed by atoms with Crippen LogP contribution < -0.4 is 21.9 Å². The number of nitriles is 1. The fourth-order valence-electron chi connectivity index (χ4n) is 5.63. The highest BCUT2D eigenvalue weighted by Gasteiger charge is 2.42. The molecule has 0 radical (unpaired) electrons. The number of nitrogens with zero attached hydrogens (tertiary/aromatic N) is 3. The van der Waals surface area contributed by atoms with E-state index >= 15 is 0 Å². The molecule has 1 heterocycles. The average Bonchev–Trinajstić information content (AvgIpc) is 3.89. The number of halogens is 1. The van der Waals surface area contributed by atoms with Gasteiger partial charge >= 0.3 is 5.69 Å². The third kappa shape index (κ3) is 5.04. The summed E-state index contributed by atoms with van der Waals surface area (Å²) in [4.78, 5) is 53.5. The normalized spacial score (nSPS) is 17.9. The lowest BCUT2D eigenvalue weighted by Crippen LogP contribution is -2.55. The number of carbonyl (C=O) groups is 2. The third-order valence-electron chi connectivity index (χ3n) is 8.35. The molecular formula is C30H30ClN5O4. The van der Waals surface area contributed by atoms with Crippen LogP contribution in [0.5, 0.6) is 0 Å². The largest absolute Gasteiger partial charge is 0.338 e. The Balaban J connectivity index is 1.29. The van der Waals surface area contributed by atoms with E-state index in [1.54, 1.807) is 22.8 Å². The van der Waals surface area contributed by atoms with Crippen molar-refractivity contribution >= 4 is 40.0 Å². The summed E-state index contributed by atoms with van der Waals surface area (Å²) in [6.07, 6.45) is 6.68. The van der Waals surface area contributed by atoms with Crippen molar-refractivity contribution in [2.24, 2.45) is 11.8 Å². The molecule has 2 amide bonds. The maximum absolute atomic E-state index is 13.7. The minimum Gasteiger partial charge on any atom is -0.338 e. The molecule has 0 aliphatic heterocycles. The molecule has 10 heteroatoms. The first kappa shape index (κ1) is 26.3. The van der Waals surface area contributed by atoms with Crippen molar-refractivity contribution in [2.75, 3.05) is 5.32 Å². The Hall–Kier alpha value is -3.90. The number of benzene rings is 2. The van der Waals surface area contributed by atoms with Crippen LogP contribution in [0.2, 0.25) is 5.02 Å². The van der Waals surface area contributed by atoms with Gasteiger partial charge in [0.15, 0.2) is 0 Å². The highest BCUT2D eigenvalue weighted by atomic mass is 35.5. The van der Waals surface area contributed by atoms with E-state index in [-0.39, 0.29) is 33.3 Å². The smallest absolute Gasteiger partial charge is 0.331 e. The molecule has 0 atom stereocenters. The van der Waals surface area contributed by atoms with Crippen LogP contribution in [-0.4, -0.2) is 26.5 Å². The topological polar surface area (TPSA) is 126 Å². The lowest BCUT2D eigenvalue weighted by Gasteiger charge is -2.29. The molecule has 0 bridgehead atoms. The highest BCUT2D eigenvalue weighted by Crippen LogP contribution is 2.34. The van der Waals surface area contributed by atoms with Gasteiger partial charge in [-0.3, -0.25) is 23.5 Å².